The number of hydrogen-bond acceptors (Lipinski definition) is 8. The summed E-state index contributed by atoms with van der Waals surface area (Å²) in [6.07, 6.45) is -0.462. The Morgan fingerprint density at radius 3 is 2.48 bits per heavy atom. The molecular weight excluding hydrogens is 352 g/mol. The zero-order chi connectivity index (χ0) is 19.9. The van der Waals surface area contributed by atoms with Crippen LogP contribution in [0.4, 0.5) is 5.69 Å². The van der Waals surface area contributed by atoms with E-state index < -0.39 is 29.4 Å². The van der Waals surface area contributed by atoms with E-state index in [1.54, 1.807) is 38.1 Å². The maximum absolute atomic E-state index is 13.1. The minimum atomic E-state index is -1.87. The monoisotopic (exact) mass is 372 g/mol. The number of ether oxygens (including phenoxy) is 3. The lowest BCUT2D eigenvalue weighted by atomic mass is 9.67. The average molecular weight is 372 g/mol. The van der Waals surface area contributed by atoms with Gasteiger partial charge in [0.25, 0.3) is 0 Å². The van der Waals surface area contributed by atoms with Gasteiger partial charge in [-0.2, -0.15) is 0 Å². The van der Waals surface area contributed by atoms with Crippen LogP contribution in [0, 0.1) is 0 Å². The summed E-state index contributed by atoms with van der Waals surface area (Å²) in [5.41, 5.74) is 4.80. The zero-order valence-corrected chi connectivity index (χ0v) is 15.4. The Morgan fingerprint density at radius 2 is 1.85 bits per heavy atom. The lowest BCUT2D eigenvalue weighted by Gasteiger charge is -2.36. The van der Waals surface area contributed by atoms with Crippen molar-refractivity contribution in [3.63, 3.8) is 0 Å². The Balaban J connectivity index is 2.38. The summed E-state index contributed by atoms with van der Waals surface area (Å²) < 4.78 is 15.5. The van der Waals surface area contributed by atoms with Crippen molar-refractivity contribution in [2.75, 3.05) is 12.4 Å². The first kappa shape index (κ1) is 18.5. The molecule has 0 saturated heterocycles. The number of nitrogens with two attached hydrogens (primary N) is 1. The summed E-state index contributed by atoms with van der Waals surface area (Å²) in [4.78, 5) is 38.6. The lowest BCUT2D eigenvalue weighted by Crippen LogP contribution is -2.48. The number of carbonyl (C=O) groups is 3. The molecule has 1 aromatic rings. The summed E-state index contributed by atoms with van der Waals surface area (Å²) in [5.74, 6) is -2.47. The highest BCUT2D eigenvalue weighted by atomic mass is 16.6. The second-order valence-corrected chi connectivity index (χ2v) is 6.48. The fourth-order valence-electron chi connectivity index (χ4n) is 3.50. The molecule has 1 spiro atoms. The van der Waals surface area contributed by atoms with Crippen LogP contribution in [0.15, 0.2) is 47.0 Å². The van der Waals surface area contributed by atoms with Crippen molar-refractivity contribution in [1.82, 2.24) is 0 Å². The Hall–Kier alpha value is -3.29. The predicted molar refractivity (Wildman–Crippen MR) is 95.0 cm³/mol. The van der Waals surface area contributed by atoms with Gasteiger partial charge in [-0.15, -0.1) is 0 Å². The lowest BCUT2D eigenvalue weighted by molar-refractivity contribution is -0.148. The first-order chi connectivity index (χ1) is 12.7. The van der Waals surface area contributed by atoms with E-state index in [2.05, 4.69) is 5.32 Å². The number of cyclic esters (lactones) is 1. The molecule has 8 heteroatoms. The number of hydrogen-bond donors (Lipinski definition) is 2. The molecule has 0 saturated carbocycles. The Labute approximate surface area is 155 Å². The van der Waals surface area contributed by atoms with Crippen molar-refractivity contribution in [3.05, 3.63) is 52.6 Å². The third-order valence-electron chi connectivity index (χ3n) is 4.46. The molecule has 3 N–H and O–H groups in total. The minimum absolute atomic E-state index is 0.0474. The van der Waals surface area contributed by atoms with Crippen molar-refractivity contribution in [1.29, 1.82) is 0 Å². The predicted octanol–water partition coefficient (Wildman–Crippen LogP) is 1.48. The molecule has 0 aliphatic carbocycles. The number of carbonyl (C=O) groups excluding carboxylic acids is 3. The third-order valence-corrected chi connectivity index (χ3v) is 4.46. The molecule has 3 rings (SSSR count). The topological polar surface area (TPSA) is 117 Å². The third kappa shape index (κ3) is 2.56. The smallest absolute Gasteiger partial charge is 0.339 e. The molecule has 142 valence electrons. The van der Waals surface area contributed by atoms with Crippen LogP contribution in [0.3, 0.4) is 0 Å². The van der Waals surface area contributed by atoms with Gasteiger partial charge < -0.3 is 25.3 Å². The van der Waals surface area contributed by atoms with E-state index in [0.717, 1.165) is 0 Å². The summed E-state index contributed by atoms with van der Waals surface area (Å²) >= 11 is 0. The summed E-state index contributed by atoms with van der Waals surface area (Å²) in [6.45, 7) is 4.80. The van der Waals surface area contributed by atoms with E-state index in [0.29, 0.717) is 11.3 Å². The Morgan fingerprint density at radius 1 is 1.19 bits per heavy atom. The number of esters is 3. The standard InChI is InChI=1S/C19H20N2O6/c1-9(2)26-17(23)14-15(20)21-12-8-6-5-7-11(12)19(14)13(16(22)25-4)10(3)27-18(19)24/h5-9,21H,20H2,1-4H3/t19-/m0/s1. The second kappa shape index (κ2) is 6.46. The molecule has 27 heavy (non-hydrogen) atoms. The molecule has 2 aliphatic rings. The first-order valence-electron chi connectivity index (χ1n) is 8.34. The SMILES string of the molecule is COC(=O)C1=C(C)OC(=O)[C@]12C(C(=O)OC(C)C)=C(N)Nc1ccccc12. The van der Waals surface area contributed by atoms with Crippen LogP contribution in [-0.4, -0.2) is 31.1 Å². The van der Waals surface area contributed by atoms with E-state index >= 15 is 0 Å². The van der Waals surface area contributed by atoms with Gasteiger partial charge in [-0.05, 0) is 26.8 Å². The molecule has 1 aromatic carbocycles. The van der Waals surface area contributed by atoms with Gasteiger partial charge in [0.15, 0.2) is 5.41 Å². The molecule has 0 bridgehead atoms. The molecule has 1 atom stereocenters. The van der Waals surface area contributed by atoms with Gasteiger partial charge in [-0.25, -0.2) is 14.4 Å². The molecule has 0 amide bonds. The molecule has 0 radical (unpaired) electrons. The van der Waals surface area contributed by atoms with Gasteiger partial charge in [0.1, 0.15) is 22.7 Å². The van der Waals surface area contributed by atoms with Crippen molar-refractivity contribution in [2.45, 2.75) is 32.3 Å². The molecule has 0 aromatic heterocycles. The van der Waals surface area contributed by atoms with Crippen molar-refractivity contribution >= 4 is 23.6 Å². The summed E-state index contributed by atoms with van der Waals surface area (Å²) in [6, 6.07) is 6.73. The molecule has 0 fully saturated rings. The quantitative estimate of drug-likeness (QED) is 0.605. The van der Waals surface area contributed by atoms with Gasteiger partial charge in [-0.3, -0.25) is 0 Å². The highest BCUT2D eigenvalue weighted by Gasteiger charge is 2.62. The molecule has 2 heterocycles. The zero-order valence-electron chi connectivity index (χ0n) is 15.4. The van der Waals surface area contributed by atoms with Crippen LogP contribution in [0.1, 0.15) is 26.3 Å². The number of anilines is 1. The normalized spacial score (nSPS) is 21.1. The largest absolute Gasteiger partial charge is 0.466 e. The Bertz CT molecular complexity index is 915. The Kier molecular flexibility index (Phi) is 4.43. The van der Waals surface area contributed by atoms with E-state index in [1.807, 2.05) is 0 Å². The fourth-order valence-corrected chi connectivity index (χ4v) is 3.50. The number of benzene rings is 1. The number of fused-ring (bicyclic) bond motifs is 2. The first-order valence-corrected chi connectivity index (χ1v) is 8.34. The van der Waals surface area contributed by atoms with E-state index in [9.17, 15) is 14.4 Å². The number of methoxy groups -OCH3 is 1. The van der Waals surface area contributed by atoms with E-state index in [-0.39, 0.29) is 22.7 Å². The van der Waals surface area contributed by atoms with E-state index in [4.69, 9.17) is 19.9 Å². The van der Waals surface area contributed by atoms with Gasteiger partial charge in [0.2, 0.25) is 0 Å². The summed E-state index contributed by atoms with van der Waals surface area (Å²) in [7, 11) is 1.19. The van der Waals surface area contributed by atoms with Crippen LogP contribution in [0.5, 0.6) is 0 Å². The number of rotatable bonds is 3. The molecular formula is C19H20N2O6. The highest BCUT2D eigenvalue weighted by Crippen LogP contribution is 2.52. The van der Waals surface area contributed by atoms with E-state index in [1.165, 1.54) is 14.0 Å². The molecule has 0 unspecified atom stereocenters. The van der Waals surface area contributed by atoms with Crippen LogP contribution in [-0.2, 0) is 34.0 Å². The number of para-hydroxylation sites is 1. The van der Waals surface area contributed by atoms with Crippen LogP contribution < -0.4 is 11.1 Å². The van der Waals surface area contributed by atoms with Crippen molar-refractivity contribution in [3.8, 4) is 0 Å². The van der Waals surface area contributed by atoms with Crippen molar-refractivity contribution < 1.29 is 28.6 Å². The second-order valence-electron chi connectivity index (χ2n) is 6.48. The fraction of sp³-hybridized carbons (Fsp3) is 0.316. The number of nitrogens with one attached hydrogen (secondary N) is 1. The maximum atomic E-state index is 13.1. The van der Waals surface area contributed by atoms with Crippen LogP contribution in [0.25, 0.3) is 0 Å². The van der Waals surface area contributed by atoms with Gasteiger partial charge in [0.05, 0.1) is 13.2 Å². The van der Waals surface area contributed by atoms with Gasteiger partial charge in [-0.1, -0.05) is 18.2 Å². The van der Waals surface area contributed by atoms with Crippen molar-refractivity contribution in [2.24, 2.45) is 5.73 Å². The number of allylic oxidation sites excluding steroid dienone is 1. The van der Waals surface area contributed by atoms with Gasteiger partial charge >= 0.3 is 17.9 Å². The minimum Gasteiger partial charge on any atom is -0.466 e. The molecule has 8 nitrogen and oxygen atoms in total. The maximum Gasteiger partial charge on any atom is 0.339 e. The average Bonchev–Trinajstić information content (AvgIpc) is 2.84. The van der Waals surface area contributed by atoms with Crippen LogP contribution >= 0.6 is 0 Å². The molecule has 2 aliphatic heterocycles. The highest BCUT2D eigenvalue weighted by molar-refractivity contribution is 6.15. The van der Waals surface area contributed by atoms with Crippen LogP contribution in [0.2, 0.25) is 0 Å². The summed E-state index contributed by atoms with van der Waals surface area (Å²) in [5, 5.41) is 2.90. The van der Waals surface area contributed by atoms with Gasteiger partial charge in [0, 0.05) is 11.3 Å².